The van der Waals surface area contributed by atoms with Crippen LogP contribution in [-0.4, -0.2) is 50.6 Å². The zero-order chi connectivity index (χ0) is 16.0. The van der Waals surface area contributed by atoms with E-state index in [0.29, 0.717) is 6.07 Å². The number of benzene rings is 1. The molecule has 0 atom stereocenters. The Balaban J connectivity index is 3.35. The molecule has 0 amide bonds. The Labute approximate surface area is 122 Å². The first-order valence-electron chi connectivity index (χ1n) is 5.97. The lowest BCUT2D eigenvalue weighted by molar-refractivity contribution is 0.0692. The molecule has 21 heavy (non-hydrogen) atoms. The first-order valence-corrected chi connectivity index (χ1v) is 7.41. The average Bonchev–Trinajstić information content (AvgIpc) is 2.42. The molecule has 0 radical (unpaired) electrons. The van der Waals surface area contributed by atoms with Gasteiger partial charge in [-0.25, -0.2) is 17.6 Å². The number of nitrogens with zero attached hydrogens (tertiary/aromatic N) is 1. The van der Waals surface area contributed by atoms with Crippen LogP contribution >= 0.6 is 0 Å². The monoisotopic (exact) mass is 317 g/mol. The number of carboxylic acid groups (broad SMARTS) is 1. The number of methoxy groups -OCH3 is 1. The smallest absolute Gasteiger partial charge is 0.337 e. The Morgan fingerprint density at radius 3 is 2.71 bits per heavy atom. The number of aromatic carboxylic acids is 1. The highest BCUT2D eigenvalue weighted by Crippen LogP contribution is 2.21. The van der Waals surface area contributed by atoms with Crippen LogP contribution in [0.5, 0.6) is 0 Å². The van der Waals surface area contributed by atoms with Crippen molar-refractivity contribution in [3.05, 3.63) is 42.2 Å². The molecule has 8 heteroatoms. The van der Waals surface area contributed by atoms with Crippen molar-refractivity contribution in [2.75, 3.05) is 26.8 Å². The first kappa shape index (κ1) is 17.3. The van der Waals surface area contributed by atoms with Crippen LogP contribution in [0, 0.1) is 5.82 Å². The maximum atomic E-state index is 13.3. The van der Waals surface area contributed by atoms with Gasteiger partial charge < -0.3 is 9.84 Å². The molecule has 0 aliphatic carbocycles. The van der Waals surface area contributed by atoms with E-state index < -0.39 is 32.3 Å². The number of ether oxygens (including phenoxy) is 1. The quantitative estimate of drug-likeness (QED) is 0.732. The number of sulfonamides is 1. The van der Waals surface area contributed by atoms with Gasteiger partial charge in [0.05, 0.1) is 17.1 Å². The molecule has 1 aromatic carbocycles. The van der Waals surface area contributed by atoms with Gasteiger partial charge in [-0.15, -0.1) is 6.58 Å². The number of halogens is 1. The fourth-order valence-corrected chi connectivity index (χ4v) is 3.26. The lowest BCUT2D eigenvalue weighted by Gasteiger charge is -2.21. The summed E-state index contributed by atoms with van der Waals surface area (Å²) in [5.41, 5.74) is -0.483. The highest BCUT2D eigenvalue weighted by Gasteiger charge is 2.28. The van der Waals surface area contributed by atoms with Crippen molar-refractivity contribution in [3.8, 4) is 0 Å². The minimum absolute atomic E-state index is 0.000422. The van der Waals surface area contributed by atoms with Crippen LogP contribution < -0.4 is 0 Å². The molecule has 0 aromatic heterocycles. The first-order chi connectivity index (χ1) is 9.84. The van der Waals surface area contributed by atoms with Gasteiger partial charge in [0.25, 0.3) is 0 Å². The molecule has 1 aromatic rings. The predicted octanol–water partition coefficient (Wildman–Crippen LogP) is 1.35. The van der Waals surface area contributed by atoms with Crippen LogP contribution in [0.15, 0.2) is 35.7 Å². The molecule has 1 N–H and O–H groups in total. The summed E-state index contributed by atoms with van der Waals surface area (Å²) < 4.78 is 44.1. The fraction of sp³-hybridized carbons (Fsp3) is 0.308. The second kappa shape index (κ2) is 7.30. The Morgan fingerprint density at radius 2 is 2.19 bits per heavy atom. The van der Waals surface area contributed by atoms with Crippen molar-refractivity contribution in [1.29, 1.82) is 0 Å². The number of carboxylic acids is 1. The van der Waals surface area contributed by atoms with Gasteiger partial charge in [0, 0.05) is 20.2 Å². The van der Waals surface area contributed by atoms with Gasteiger partial charge in [-0.05, 0) is 18.2 Å². The Hall–Kier alpha value is -1.77. The summed E-state index contributed by atoms with van der Waals surface area (Å²) in [6.07, 6.45) is 1.35. The Bertz CT molecular complexity index is 629. The molecule has 0 aliphatic rings. The van der Waals surface area contributed by atoms with Crippen molar-refractivity contribution in [2.24, 2.45) is 0 Å². The van der Waals surface area contributed by atoms with Crippen LogP contribution in [-0.2, 0) is 14.8 Å². The third kappa shape index (κ3) is 4.10. The van der Waals surface area contributed by atoms with Crippen LogP contribution in [0.1, 0.15) is 10.4 Å². The number of hydrogen-bond donors (Lipinski definition) is 1. The Morgan fingerprint density at radius 1 is 1.52 bits per heavy atom. The van der Waals surface area contributed by atoms with Crippen molar-refractivity contribution in [2.45, 2.75) is 4.90 Å². The molecule has 0 bridgehead atoms. The summed E-state index contributed by atoms with van der Waals surface area (Å²) in [5.74, 6) is -2.28. The SMILES string of the molecule is C=CCN(CCOC)S(=O)(=O)c1cc(F)ccc1C(=O)O. The maximum Gasteiger partial charge on any atom is 0.337 e. The van der Waals surface area contributed by atoms with Crippen LogP contribution in [0.25, 0.3) is 0 Å². The molecule has 6 nitrogen and oxygen atoms in total. The van der Waals surface area contributed by atoms with E-state index in [1.807, 2.05) is 0 Å². The molecule has 0 fully saturated rings. The molecular weight excluding hydrogens is 301 g/mol. The number of carbonyl (C=O) groups is 1. The summed E-state index contributed by atoms with van der Waals surface area (Å²) in [5, 5.41) is 9.06. The second-order valence-electron chi connectivity index (χ2n) is 4.09. The van der Waals surface area contributed by atoms with Crippen molar-refractivity contribution in [1.82, 2.24) is 4.31 Å². The fourth-order valence-electron chi connectivity index (χ4n) is 1.67. The van der Waals surface area contributed by atoms with E-state index >= 15 is 0 Å². The van der Waals surface area contributed by atoms with Gasteiger partial charge in [-0.2, -0.15) is 4.31 Å². The van der Waals surface area contributed by atoms with Gasteiger partial charge in [0.15, 0.2) is 0 Å². The molecule has 116 valence electrons. The summed E-state index contributed by atoms with van der Waals surface area (Å²) in [6.45, 7) is 3.53. The van der Waals surface area contributed by atoms with E-state index in [1.54, 1.807) is 0 Å². The Kier molecular flexibility index (Phi) is 6.01. The molecule has 0 aliphatic heterocycles. The van der Waals surface area contributed by atoms with E-state index in [0.717, 1.165) is 16.4 Å². The largest absolute Gasteiger partial charge is 0.478 e. The van der Waals surface area contributed by atoms with Gasteiger partial charge in [0.2, 0.25) is 10.0 Å². The summed E-state index contributed by atoms with van der Waals surface area (Å²) in [4.78, 5) is 10.5. The summed E-state index contributed by atoms with van der Waals surface area (Å²) in [6, 6.07) is 2.52. The van der Waals surface area contributed by atoms with Gasteiger partial charge in [0.1, 0.15) is 5.82 Å². The zero-order valence-electron chi connectivity index (χ0n) is 11.5. The zero-order valence-corrected chi connectivity index (χ0v) is 12.3. The van der Waals surface area contributed by atoms with Gasteiger partial charge >= 0.3 is 5.97 Å². The number of rotatable bonds is 8. The average molecular weight is 317 g/mol. The molecule has 0 unspecified atom stereocenters. The second-order valence-corrected chi connectivity index (χ2v) is 6.00. The molecule has 0 heterocycles. The van der Waals surface area contributed by atoms with Crippen LogP contribution in [0.4, 0.5) is 4.39 Å². The van der Waals surface area contributed by atoms with E-state index in [4.69, 9.17) is 9.84 Å². The third-order valence-corrected chi connectivity index (χ3v) is 4.57. The van der Waals surface area contributed by atoms with Crippen LogP contribution in [0.2, 0.25) is 0 Å². The topological polar surface area (TPSA) is 83.9 Å². The van der Waals surface area contributed by atoms with Crippen molar-refractivity contribution >= 4 is 16.0 Å². The molecule has 0 spiro atoms. The summed E-state index contributed by atoms with van der Waals surface area (Å²) >= 11 is 0. The molecule has 0 saturated heterocycles. The minimum Gasteiger partial charge on any atom is -0.478 e. The van der Waals surface area contributed by atoms with E-state index in [1.165, 1.54) is 13.2 Å². The van der Waals surface area contributed by atoms with E-state index in [-0.39, 0.29) is 19.7 Å². The lowest BCUT2D eigenvalue weighted by atomic mass is 10.2. The van der Waals surface area contributed by atoms with Crippen molar-refractivity contribution < 1.29 is 27.4 Å². The van der Waals surface area contributed by atoms with Crippen molar-refractivity contribution in [3.63, 3.8) is 0 Å². The van der Waals surface area contributed by atoms with Gasteiger partial charge in [-0.1, -0.05) is 6.08 Å². The highest BCUT2D eigenvalue weighted by atomic mass is 32.2. The van der Waals surface area contributed by atoms with Gasteiger partial charge in [-0.3, -0.25) is 0 Å². The van der Waals surface area contributed by atoms with Crippen LogP contribution in [0.3, 0.4) is 0 Å². The molecular formula is C13H16FNO5S. The normalized spacial score (nSPS) is 11.6. The molecule has 0 saturated carbocycles. The predicted molar refractivity (Wildman–Crippen MR) is 74.2 cm³/mol. The number of hydrogen-bond acceptors (Lipinski definition) is 4. The van der Waals surface area contributed by atoms with E-state index in [2.05, 4.69) is 6.58 Å². The third-order valence-electron chi connectivity index (χ3n) is 2.67. The highest BCUT2D eigenvalue weighted by molar-refractivity contribution is 7.89. The lowest BCUT2D eigenvalue weighted by Crippen LogP contribution is -2.35. The van der Waals surface area contributed by atoms with E-state index in [9.17, 15) is 17.6 Å². The summed E-state index contributed by atoms with van der Waals surface area (Å²) in [7, 11) is -2.77. The maximum absolute atomic E-state index is 13.3. The standard InChI is InChI=1S/C13H16FNO5S/c1-3-6-15(7-8-20-2)21(18,19)12-9-10(14)4-5-11(12)13(16)17/h3-5,9H,1,6-8H2,2H3,(H,16,17). The minimum atomic E-state index is -4.17. The molecule has 1 rings (SSSR count).